The van der Waals surface area contributed by atoms with Gasteiger partial charge in [0.25, 0.3) is 0 Å². The minimum Gasteiger partial charge on any atom is -0.341 e. The van der Waals surface area contributed by atoms with Gasteiger partial charge in [0, 0.05) is 20.0 Å². The summed E-state index contributed by atoms with van der Waals surface area (Å²) in [4.78, 5) is 13.5. The maximum Gasteiger partial charge on any atom is 0.222 e. The number of carbonyl (C=O) groups excluding carboxylic acids is 1. The molecule has 0 saturated carbocycles. The molecule has 0 bridgehead atoms. The Kier molecular flexibility index (Phi) is 3.74. The third-order valence-electron chi connectivity index (χ3n) is 3.06. The van der Waals surface area contributed by atoms with E-state index in [-0.39, 0.29) is 11.7 Å². The second kappa shape index (κ2) is 5.27. The first-order valence-electron chi connectivity index (χ1n) is 5.84. The van der Waals surface area contributed by atoms with Crippen molar-refractivity contribution in [2.45, 2.75) is 13.0 Å². The van der Waals surface area contributed by atoms with Gasteiger partial charge in [-0.2, -0.15) is 0 Å². The highest BCUT2D eigenvalue weighted by Crippen LogP contribution is 2.12. The molecular weight excluding hydrogens is 219 g/mol. The Morgan fingerprint density at radius 1 is 1.53 bits per heavy atom. The Hall–Kier alpha value is -1.42. The number of carbonyl (C=O) groups is 1. The molecule has 1 fully saturated rings. The summed E-state index contributed by atoms with van der Waals surface area (Å²) in [5, 5.41) is 3.14. The molecule has 0 atom stereocenters. The lowest BCUT2D eigenvalue weighted by Crippen LogP contribution is -2.44. The summed E-state index contributed by atoms with van der Waals surface area (Å²) >= 11 is 0. The quantitative estimate of drug-likeness (QED) is 0.857. The highest BCUT2D eigenvalue weighted by molar-refractivity contribution is 5.76. The Balaban J connectivity index is 1.87. The second-order valence-corrected chi connectivity index (χ2v) is 4.61. The fourth-order valence-electron chi connectivity index (χ4n) is 1.89. The van der Waals surface area contributed by atoms with E-state index in [4.69, 9.17) is 0 Å². The molecule has 1 aromatic carbocycles. The molecule has 3 nitrogen and oxygen atoms in total. The Morgan fingerprint density at radius 2 is 2.29 bits per heavy atom. The number of halogens is 1. The molecule has 17 heavy (non-hydrogen) atoms. The van der Waals surface area contributed by atoms with Crippen molar-refractivity contribution in [2.24, 2.45) is 5.92 Å². The molecule has 1 aliphatic heterocycles. The largest absolute Gasteiger partial charge is 0.341 e. The molecule has 1 heterocycles. The van der Waals surface area contributed by atoms with Crippen LogP contribution in [0.3, 0.4) is 0 Å². The highest BCUT2D eigenvalue weighted by atomic mass is 19.1. The van der Waals surface area contributed by atoms with E-state index in [1.165, 1.54) is 12.1 Å². The minimum atomic E-state index is -0.258. The Bertz CT molecular complexity index is 404. The molecule has 0 spiro atoms. The lowest BCUT2D eigenvalue weighted by Gasteiger charge is -2.28. The van der Waals surface area contributed by atoms with E-state index in [1.807, 2.05) is 6.07 Å². The fourth-order valence-corrected chi connectivity index (χ4v) is 1.89. The first kappa shape index (κ1) is 12.0. The van der Waals surface area contributed by atoms with Crippen LogP contribution in [0.4, 0.5) is 4.39 Å². The van der Waals surface area contributed by atoms with Crippen LogP contribution >= 0.6 is 0 Å². The molecule has 1 saturated heterocycles. The molecule has 0 radical (unpaired) electrons. The van der Waals surface area contributed by atoms with Crippen molar-refractivity contribution in [3.8, 4) is 0 Å². The van der Waals surface area contributed by atoms with Crippen molar-refractivity contribution in [2.75, 3.05) is 20.1 Å². The summed E-state index contributed by atoms with van der Waals surface area (Å²) in [5.74, 6) is 0.338. The van der Waals surface area contributed by atoms with Gasteiger partial charge in [-0.25, -0.2) is 4.39 Å². The highest BCUT2D eigenvalue weighted by Gasteiger charge is 2.21. The van der Waals surface area contributed by atoms with Crippen LogP contribution in [0.2, 0.25) is 0 Å². The van der Waals surface area contributed by atoms with Gasteiger partial charge in [-0.05, 0) is 36.7 Å². The number of rotatable bonds is 4. The number of nitrogens with one attached hydrogen (secondary N) is 1. The number of nitrogens with zero attached hydrogens (tertiary/aromatic N) is 1. The molecule has 4 heteroatoms. The van der Waals surface area contributed by atoms with E-state index in [0.29, 0.717) is 18.9 Å². The summed E-state index contributed by atoms with van der Waals surface area (Å²) < 4.78 is 13.0. The first-order valence-corrected chi connectivity index (χ1v) is 5.84. The van der Waals surface area contributed by atoms with Crippen LogP contribution in [0.1, 0.15) is 12.0 Å². The van der Waals surface area contributed by atoms with Crippen LogP contribution in [0, 0.1) is 11.7 Å². The zero-order valence-electron chi connectivity index (χ0n) is 9.95. The van der Waals surface area contributed by atoms with Gasteiger partial charge in [-0.15, -0.1) is 0 Å². The molecule has 2 rings (SSSR count). The van der Waals surface area contributed by atoms with Crippen molar-refractivity contribution in [1.29, 1.82) is 0 Å². The molecule has 0 unspecified atom stereocenters. The third-order valence-corrected chi connectivity index (χ3v) is 3.06. The molecule has 1 N–H and O–H groups in total. The van der Waals surface area contributed by atoms with E-state index < -0.39 is 0 Å². The molecule has 1 amide bonds. The molecule has 1 aromatic rings. The van der Waals surface area contributed by atoms with E-state index in [0.717, 1.165) is 18.7 Å². The van der Waals surface area contributed by atoms with E-state index >= 15 is 0 Å². The molecule has 1 aliphatic rings. The van der Waals surface area contributed by atoms with Crippen molar-refractivity contribution in [3.63, 3.8) is 0 Å². The van der Waals surface area contributed by atoms with Crippen molar-refractivity contribution in [1.82, 2.24) is 10.2 Å². The Labute approximate surface area is 101 Å². The zero-order valence-corrected chi connectivity index (χ0v) is 9.95. The molecule has 92 valence electrons. The predicted octanol–water partition coefficient (Wildman–Crippen LogP) is 1.39. The fraction of sp³-hybridized carbons (Fsp3) is 0.462. The van der Waals surface area contributed by atoms with E-state index in [9.17, 15) is 9.18 Å². The van der Waals surface area contributed by atoms with Gasteiger partial charge in [-0.3, -0.25) is 4.79 Å². The maximum absolute atomic E-state index is 13.0. The van der Waals surface area contributed by atoms with Gasteiger partial charge in [0.15, 0.2) is 0 Å². The average molecular weight is 236 g/mol. The van der Waals surface area contributed by atoms with Crippen LogP contribution < -0.4 is 5.32 Å². The normalized spacial score (nSPS) is 15.4. The molecule has 0 aromatic heterocycles. The van der Waals surface area contributed by atoms with Gasteiger partial charge in [0.2, 0.25) is 5.91 Å². The van der Waals surface area contributed by atoms with E-state index in [1.54, 1.807) is 18.0 Å². The van der Waals surface area contributed by atoms with Gasteiger partial charge < -0.3 is 10.2 Å². The second-order valence-electron chi connectivity index (χ2n) is 4.61. The SMILES string of the molecule is CN(Cc1cccc(F)c1)C(=O)CC1CNC1. The number of amides is 1. The van der Waals surface area contributed by atoms with Crippen LogP contribution in [0.5, 0.6) is 0 Å². The first-order chi connectivity index (χ1) is 8.15. The lowest BCUT2D eigenvalue weighted by atomic mass is 9.99. The smallest absolute Gasteiger partial charge is 0.222 e. The van der Waals surface area contributed by atoms with E-state index in [2.05, 4.69) is 5.32 Å². The van der Waals surface area contributed by atoms with Crippen molar-refractivity contribution in [3.05, 3.63) is 35.6 Å². The van der Waals surface area contributed by atoms with Crippen LogP contribution in [0.15, 0.2) is 24.3 Å². The van der Waals surface area contributed by atoms with Gasteiger partial charge >= 0.3 is 0 Å². The van der Waals surface area contributed by atoms with Gasteiger partial charge in [0.1, 0.15) is 5.82 Å². The molecular formula is C13H17FN2O. The summed E-state index contributed by atoms with van der Waals surface area (Å²) in [6, 6.07) is 6.37. The Morgan fingerprint density at radius 3 is 2.88 bits per heavy atom. The van der Waals surface area contributed by atoms with Gasteiger partial charge in [0.05, 0.1) is 0 Å². The van der Waals surface area contributed by atoms with Gasteiger partial charge in [-0.1, -0.05) is 12.1 Å². The summed E-state index contributed by atoms with van der Waals surface area (Å²) in [5.41, 5.74) is 0.826. The summed E-state index contributed by atoms with van der Waals surface area (Å²) in [6.45, 7) is 2.33. The summed E-state index contributed by atoms with van der Waals surface area (Å²) in [7, 11) is 1.76. The van der Waals surface area contributed by atoms with Crippen molar-refractivity contribution < 1.29 is 9.18 Å². The predicted molar refractivity (Wildman–Crippen MR) is 63.9 cm³/mol. The number of hydrogen-bond acceptors (Lipinski definition) is 2. The third kappa shape index (κ3) is 3.27. The van der Waals surface area contributed by atoms with Crippen LogP contribution in [0.25, 0.3) is 0 Å². The van der Waals surface area contributed by atoms with Crippen LogP contribution in [-0.4, -0.2) is 30.9 Å². The maximum atomic E-state index is 13.0. The lowest BCUT2D eigenvalue weighted by molar-refractivity contribution is -0.131. The number of benzene rings is 1. The van der Waals surface area contributed by atoms with Crippen molar-refractivity contribution >= 4 is 5.91 Å². The zero-order chi connectivity index (χ0) is 12.3. The minimum absolute atomic E-state index is 0.126. The number of hydrogen-bond donors (Lipinski definition) is 1. The average Bonchev–Trinajstić information content (AvgIpc) is 2.23. The molecule has 0 aliphatic carbocycles. The topological polar surface area (TPSA) is 32.3 Å². The summed E-state index contributed by atoms with van der Waals surface area (Å²) in [6.07, 6.45) is 0.582. The van der Waals surface area contributed by atoms with Crippen LogP contribution in [-0.2, 0) is 11.3 Å². The monoisotopic (exact) mass is 236 g/mol. The standard InChI is InChI=1S/C13H17FN2O/c1-16(13(17)6-11-7-15-8-11)9-10-3-2-4-12(14)5-10/h2-5,11,15H,6-9H2,1H3.